The molecule has 164 valence electrons. The molecule has 0 aliphatic carbocycles. The third-order valence-electron chi connectivity index (χ3n) is 4.83. The summed E-state index contributed by atoms with van der Waals surface area (Å²) in [5.41, 5.74) is 2.37. The number of carbonyl (C=O) groups is 1. The zero-order valence-electron chi connectivity index (χ0n) is 17.0. The average molecular weight is 440 g/mol. The van der Waals surface area contributed by atoms with Crippen LogP contribution in [0.15, 0.2) is 61.1 Å². The van der Waals surface area contributed by atoms with Gasteiger partial charge in [-0.05, 0) is 29.8 Å². The standard InChI is InChI=1S/C22H19F3N6O/c1-12-8-13-5-6-14(9-17(13)29-12)30-19-10-18(15(11-28-19)22(23,24)25)31-16-4-3-7-27-20(16)21(32)26-2/h3-7,9-11,29H,1,8H2,2H3,(H,26,32)(H2,28,30,31). The highest BCUT2D eigenvalue weighted by Gasteiger charge is 2.34. The highest BCUT2D eigenvalue weighted by molar-refractivity contribution is 5.98. The average Bonchev–Trinajstić information content (AvgIpc) is 3.12. The summed E-state index contributed by atoms with van der Waals surface area (Å²) in [6.45, 7) is 3.90. The molecule has 0 unspecified atom stereocenters. The summed E-state index contributed by atoms with van der Waals surface area (Å²) in [4.78, 5) is 19.9. The Morgan fingerprint density at radius 3 is 2.69 bits per heavy atom. The van der Waals surface area contributed by atoms with Crippen molar-refractivity contribution in [2.24, 2.45) is 0 Å². The fourth-order valence-electron chi connectivity index (χ4n) is 3.34. The molecular weight excluding hydrogens is 421 g/mol. The largest absolute Gasteiger partial charge is 0.419 e. The van der Waals surface area contributed by atoms with E-state index in [4.69, 9.17) is 0 Å². The van der Waals surface area contributed by atoms with E-state index < -0.39 is 17.6 Å². The summed E-state index contributed by atoms with van der Waals surface area (Å²) in [5.74, 6) is -0.330. The number of pyridine rings is 2. The van der Waals surface area contributed by atoms with Crippen LogP contribution in [0.5, 0.6) is 0 Å². The van der Waals surface area contributed by atoms with Crippen LogP contribution < -0.4 is 21.3 Å². The first-order valence-electron chi connectivity index (χ1n) is 9.60. The van der Waals surface area contributed by atoms with Crippen LogP contribution >= 0.6 is 0 Å². The SMILES string of the molecule is C=C1Cc2ccc(Nc3cc(Nc4cccnc4C(=O)NC)c(C(F)(F)F)cn3)cc2N1. The third-order valence-corrected chi connectivity index (χ3v) is 4.83. The van der Waals surface area contributed by atoms with E-state index in [1.54, 1.807) is 0 Å². The fraction of sp³-hybridized carbons (Fsp3) is 0.136. The molecule has 0 fully saturated rings. The molecule has 0 atom stereocenters. The highest BCUT2D eigenvalue weighted by Crippen LogP contribution is 2.38. The minimum atomic E-state index is -4.65. The Balaban J connectivity index is 1.68. The molecule has 4 rings (SSSR count). The molecule has 0 radical (unpaired) electrons. The number of hydrogen-bond acceptors (Lipinski definition) is 6. The van der Waals surface area contributed by atoms with Crippen molar-refractivity contribution in [1.29, 1.82) is 0 Å². The summed E-state index contributed by atoms with van der Waals surface area (Å²) >= 11 is 0. The van der Waals surface area contributed by atoms with Crippen LogP contribution in [0, 0.1) is 0 Å². The van der Waals surface area contributed by atoms with E-state index in [2.05, 4.69) is 37.8 Å². The zero-order chi connectivity index (χ0) is 22.9. The van der Waals surface area contributed by atoms with E-state index in [0.29, 0.717) is 5.69 Å². The highest BCUT2D eigenvalue weighted by atomic mass is 19.4. The second-order valence-electron chi connectivity index (χ2n) is 7.12. The first-order chi connectivity index (χ1) is 15.2. The van der Waals surface area contributed by atoms with Crippen molar-refractivity contribution < 1.29 is 18.0 Å². The van der Waals surface area contributed by atoms with Gasteiger partial charge in [0.15, 0.2) is 5.69 Å². The monoisotopic (exact) mass is 440 g/mol. The topological polar surface area (TPSA) is 91.0 Å². The van der Waals surface area contributed by atoms with Crippen LogP contribution in [0.3, 0.4) is 0 Å². The van der Waals surface area contributed by atoms with E-state index in [0.717, 1.165) is 29.6 Å². The van der Waals surface area contributed by atoms with E-state index in [9.17, 15) is 18.0 Å². The summed E-state index contributed by atoms with van der Waals surface area (Å²) in [6, 6.07) is 9.81. The molecule has 1 aliphatic heterocycles. The molecule has 2 aromatic heterocycles. The Labute approximate surface area is 181 Å². The Kier molecular flexibility index (Phi) is 5.43. The lowest BCUT2D eigenvalue weighted by Crippen LogP contribution is -2.21. The number of rotatable bonds is 5. The molecule has 0 bridgehead atoms. The summed E-state index contributed by atoms with van der Waals surface area (Å²) in [6.07, 6.45) is -1.80. The van der Waals surface area contributed by atoms with Crippen LogP contribution in [0.25, 0.3) is 0 Å². The molecule has 32 heavy (non-hydrogen) atoms. The van der Waals surface area contributed by atoms with Crippen molar-refractivity contribution in [3.05, 3.63) is 77.9 Å². The Morgan fingerprint density at radius 2 is 1.94 bits per heavy atom. The number of anilines is 5. The lowest BCUT2D eigenvalue weighted by molar-refractivity contribution is -0.137. The first kappa shape index (κ1) is 21.2. The van der Waals surface area contributed by atoms with E-state index >= 15 is 0 Å². The van der Waals surface area contributed by atoms with Gasteiger partial charge in [-0.15, -0.1) is 0 Å². The molecule has 0 spiro atoms. The van der Waals surface area contributed by atoms with Gasteiger partial charge in [0.2, 0.25) is 0 Å². The molecule has 0 saturated heterocycles. The summed E-state index contributed by atoms with van der Waals surface area (Å²) in [7, 11) is 1.41. The molecule has 1 aromatic carbocycles. The van der Waals surface area contributed by atoms with Crippen LogP contribution in [-0.4, -0.2) is 22.9 Å². The van der Waals surface area contributed by atoms with Crippen molar-refractivity contribution >= 4 is 34.5 Å². The number of benzene rings is 1. The van der Waals surface area contributed by atoms with Crippen LogP contribution in [0.2, 0.25) is 0 Å². The molecule has 3 aromatic rings. The van der Waals surface area contributed by atoms with Gasteiger partial charge in [-0.1, -0.05) is 12.6 Å². The number of hydrogen-bond donors (Lipinski definition) is 4. The molecule has 1 aliphatic rings. The van der Waals surface area contributed by atoms with Crippen molar-refractivity contribution in [3.63, 3.8) is 0 Å². The van der Waals surface area contributed by atoms with Gasteiger partial charge < -0.3 is 21.3 Å². The number of nitrogens with one attached hydrogen (secondary N) is 4. The van der Waals surface area contributed by atoms with Gasteiger partial charge in [0, 0.05) is 49.0 Å². The lowest BCUT2D eigenvalue weighted by Gasteiger charge is -2.17. The molecular formula is C22H19F3N6O. The number of fused-ring (bicyclic) bond motifs is 1. The van der Waals surface area contributed by atoms with Gasteiger partial charge in [-0.3, -0.25) is 4.79 Å². The minimum absolute atomic E-state index is 0.0284. The molecule has 0 saturated carbocycles. The van der Waals surface area contributed by atoms with E-state index in [1.165, 1.54) is 31.4 Å². The van der Waals surface area contributed by atoms with Crippen molar-refractivity contribution in [3.8, 4) is 0 Å². The predicted molar refractivity (Wildman–Crippen MR) is 116 cm³/mol. The second-order valence-corrected chi connectivity index (χ2v) is 7.12. The smallest absolute Gasteiger partial charge is 0.359 e. The summed E-state index contributed by atoms with van der Waals surface area (Å²) < 4.78 is 40.8. The molecule has 7 nitrogen and oxygen atoms in total. The third kappa shape index (κ3) is 4.34. The molecule has 3 heterocycles. The Hall–Kier alpha value is -4.08. The van der Waals surface area contributed by atoms with E-state index in [1.807, 2.05) is 18.2 Å². The molecule has 10 heteroatoms. The Morgan fingerprint density at radius 1 is 1.12 bits per heavy atom. The van der Waals surface area contributed by atoms with Gasteiger partial charge in [0.25, 0.3) is 5.91 Å². The number of halogens is 3. The van der Waals surface area contributed by atoms with Gasteiger partial charge in [0.05, 0.1) is 16.9 Å². The molecule has 4 N–H and O–H groups in total. The van der Waals surface area contributed by atoms with Gasteiger partial charge in [0.1, 0.15) is 5.82 Å². The molecule has 1 amide bonds. The van der Waals surface area contributed by atoms with Gasteiger partial charge >= 0.3 is 6.18 Å². The second kappa shape index (κ2) is 8.22. The van der Waals surface area contributed by atoms with Crippen LogP contribution in [0.1, 0.15) is 21.6 Å². The maximum absolute atomic E-state index is 13.6. The minimum Gasteiger partial charge on any atom is -0.359 e. The van der Waals surface area contributed by atoms with Crippen LogP contribution in [0.4, 0.5) is 41.7 Å². The number of aromatic nitrogens is 2. The number of nitrogens with zero attached hydrogens (tertiary/aromatic N) is 2. The van der Waals surface area contributed by atoms with Crippen molar-refractivity contribution in [2.45, 2.75) is 12.6 Å². The number of allylic oxidation sites excluding steroid dienone is 1. The number of amides is 1. The summed E-state index contributed by atoms with van der Waals surface area (Å²) in [5, 5.41) is 11.3. The van der Waals surface area contributed by atoms with Gasteiger partial charge in [-0.2, -0.15) is 13.2 Å². The zero-order valence-corrected chi connectivity index (χ0v) is 17.0. The van der Waals surface area contributed by atoms with E-state index in [-0.39, 0.29) is 22.9 Å². The fourth-order valence-corrected chi connectivity index (χ4v) is 3.34. The number of carbonyl (C=O) groups excluding carboxylic acids is 1. The quantitative estimate of drug-likeness (QED) is 0.455. The maximum atomic E-state index is 13.6. The van der Waals surface area contributed by atoms with Crippen molar-refractivity contribution in [2.75, 3.05) is 23.0 Å². The Bertz CT molecular complexity index is 1210. The van der Waals surface area contributed by atoms with Gasteiger partial charge in [-0.25, -0.2) is 9.97 Å². The van der Waals surface area contributed by atoms with Crippen molar-refractivity contribution in [1.82, 2.24) is 15.3 Å². The normalized spacial score (nSPS) is 12.7. The predicted octanol–water partition coefficient (Wildman–Crippen LogP) is 4.82. The first-order valence-corrected chi connectivity index (χ1v) is 9.60. The maximum Gasteiger partial charge on any atom is 0.419 e. The number of alkyl halides is 3. The lowest BCUT2D eigenvalue weighted by atomic mass is 10.1. The van der Waals surface area contributed by atoms with Crippen LogP contribution in [-0.2, 0) is 12.6 Å².